The van der Waals surface area contributed by atoms with Crippen LogP contribution >= 0.6 is 12.2 Å². The van der Waals surface area contributed by atoms with Gasteiger partial charge in [0, 0.05) is 0 Å². The molecule has 1 aromatic carbocycles. The maximum atomic E-state index is 5.61. The molecule has 0 radical (unpaired) electrons. The van der Waals surface area contributed by atoms with Crippen LogP contribution in [0.3, 0.4) is 0 Å². The van der Waals surface area contributed by atoms with Crippen LogP contribution in [-0.2, 0) is 0 Å². The minimum atomic E-state index is 0.129. The van der Waals surface area contributed by atoms with Crippen molar-refractivity contribution in [3.63, 3.8) is 0 Å². The Kier molecular flexibility index (Phi) is 6.67. The fourth-order valence-electron chi connectivity index (χ4n) is 1.37. The molecule has 3 N–H and O–H groups in total. The Morgan fingerprint density at radius 3 is 2.79 bits per heavy atom. The third-order valence-electron chi connectivity index (χ3n) is 2.12. The Balaban J connectivity index is 2.82. The molecule has 0 spiro atoms. The van der Waals surface area contributed by atoms with Gasteiger partial charge in [0.15, 0.2) is 16.6 Å². The largest absolute Gasteiger partial charge is 0.490 e. The Morgan fingerprint density at radius 2 is 2.16 bits per heavy atom. The quantitative estimate of drug-likeness (QED) is 0.455. The van der Waals surface area contributed by atoms with E-state index in [2.05, 4.69) is 29.7 Å². The molecule has 1 aromatic rings. The molecule has 19 heavy (non-hydrogen) atoms. The summed E-state index contributed by atoms with van der Waals surface area (Å²) in [4.78, 5) is 0. The van der Waals surface area contributed by atoms with Gasteiger partial charge in [-0.15, -0.1) is 0 Å². The topological polar surface area (TPSA) is 68.9 Å². The first-order chi connectivity index (χ1) is 9.17. The van der Waals surface area contributed by atoms with Crippen LogP contribution in [0.2, 0.25) is 0 Å². The van der Waals surface area contributed by atoms with Crippen LogP contribution in [0.15, 0.2) is 23.3 Å². The first kappa shape index (κ1) is 15.2. The van der Waals surface area contributed by atoms with E-state index in [1.807, 2.05) is 25.1 Å². The van der Waals surface area contributed by atoms with Crippen LogP contribution in [0.25, 0.3) is 0 Å². The SMILES string of the molecule is CCCOc1ccc(/C=N\NC(N)=S)cc1OCC. The summed E-state index contributed by atoms with van der Waals surface area (Å²) in [5, 5.41) is 4.03. The summed E-state index contributed by atoms with van der Waals surface area (Å²) in [5.74, 6) is 1.44. The van der Waals surface area contributed by atoms with Gasteiger partial charge in [-0.05, 0) is 49.3 Å². The first-order valence-corrected chi connectivity index (χ1v) is 6.56. The average Bonchev–Trinajstić information content (AvgIpc) is 2.38. The molecule has 104 valence electrons. The van der Waals surface area contributed by atoms with E-state index in [0.717, 1.165) is 17.7 Å². The number of benzene rings is 1. The van der Waals surface area contributed by atoms with Crippen LogP contribution in [0.5, 0.6) is 11.5 Å². The number of nitrogens with two attached hydrogens (primary N) is 1. The molecule has 0 saturated heterocycles. The molecule has 0 aromatic heterocycles. The molecule has 0 amide bonds. The molecule has 0 unspecified atom stereocenters. The number of thiocarbonyl (C=S) groups is 1. The van der Waals surface area contributed by atoms with Crippen molar-refractivity contribution in [1.29, 1.82) is 0 Å². The number of nitrogens with one attached hydrogen (secondary N) is 1. The highest BCUT2D eigenvalue weighted by atomic mass is 32.1. The van der Waals surface area contributed by atoms with Crippen molar-refractivity contribution >= 4 is 23.5 Å². The van der Waals surface area contributed by atoms with E-state index in [-0.39, 0.29) is 5.11 Å². The predicted molar refractivity (Wildman–Crippen MR) is 80.9 cm³/mol. The summed E-state index contributed by atoms with van der Waals surface area (Å²) in [6, 6.07) is 5.61. The number of ether oxygens (including phenoxy) is 2. The Labute approximate surface area is 118 Å². The van der Waals surface area contributed by atoms with Crippen molar-refractivity contribution in [2.75, 3.05) is 13.2 Å². The molecule has 0 saturated carbocycles. The van der Waals surface area contributed by atoms with Gasteiger partial charge >= 0.3 is 0 Å². The Bertz CT molecular complexity index is 450. The van der Waals surface area contributed by atoms with Crippen molar-refractivity contribution in [3.05, 3.63) is 23.8 Å². The summed E-state index contributed by atoms with van der Waals surface area (Å²) in [5.41, 5.74) is 8.65. The summed E-state index contributed by atoms with van der Waals surface area (Å²) < 4.78 is 11.2. The van der Waals surface area contributed by atoms with Gasteiger partial charge in [0.25, 0.3) is 0 Å². The van der Waals surface area contributed by atoms with Crippen molar-refractivity contribution in [2.45, 2.75) is 20.3 Å². The van der Waals surface area contributed by atoms with E-state index >= 15 is 0 Å². The van der Waals surface area contributed by atoms with Crippen molar-refractivity contribution in [2.24, 2.45) is 10.8 Å². The molecule has 0 heterocycles. The zero-order valence-electron chi connectivity index (χ0n) is 11.2. The van der Waals surface area contributed by atoms with Gasteiger partial charge in [-0.1, -0.05) is 6.92 Å². The highest BCUT2D eigenvalue weighted by Crippen LogP contribution is 2.28. The second-order valence-corrected chi connectivity index (χ2v) is 4.16. The lowest BCUT2D eigenvalue weighted by atomic mass is 10.2. The third kappa shape index (κ3) is 5.56. The van der Waals surface area contributed by atoms with E-state index in [9.17, 15) is 0 Å². The normalized spacial score (nSPS) is 10.4. The summed E-state index contributed by atoms with van der Waals surface area (Å²) >= 11 is 4.66. The van der Waals surface area contributed by atoms with Crippen LogP contribution in [0.4, 0.5) is 0 Å². The highest BCUT2D eigenvalue weighted by Gasteiger charge is 2.05. The van der Waals surface area contributed by atoms with Crippen LogP contribution in [0, 0.1) is 0 Å². The monoisotopic (exact) mass is 281 g/mol. The lowest BCUT2D eigenvalue weighted by Gasteiger charge is -2.11. The van der Waals surface area contributed by atoms with Crippen LogP contribution in [-0.4, -0.2) is 24.5 Å². The van der Waals surface area contributed by atoms with Gasteiger partial charge in [0.2, 0.25) is 0 Å². The van der Waals surface area contributed by atoms with Gasteiger partial charge < -0.3 is 15.2 Å². The first-order valence-electron chi connectivity index (χ1n) is 6.15. The van der Waals surface area contributed by atoms with Crippen molar-refractivity contribution < 1.29 is 9.47 Å². The lowest BCUT2D eigenvalue weighted by Crippen LogP contribution is -2.23. The van der Waals surface area contributed by atoms with Crippen LogP contribution < -0.4 is 20.6 Å². The van der Waals surface area contributed by atoms with Gasteiger partial charge in [0.1, 0.15) is 0 Å². The van der Waals surface area contributed by atoms with Gasteiger partial charge in [0.05, 0.1) is 19.4 Å². The molecular formula is C13H19N3O2S. The molecule has 5 nitrogen and oxygen atoms in total. The minimum Gasteiger partial charge on any atom is -0.490 e. The fourth-order valence-corrected chi connectivity index (χ4v) is 1.43. The second kappa shape index (κ2) is 8.31. The number of hydrogen-bond acceptors (Lipinski definition) is 4. The summed E-state index contributed by atoms with van der Waals surface area (Å²) in [7, 11) is 0. The van der Waals surface area contributed by atoms with E-state index in [1.54, 1.807) is 6.21 Å². The van der Waals surface area contributed by atoms with E-state index in [4.69, 9.17) is 15.2 Å². The fraction of sp³-hybridized carbons (Fsp3) is 0.385. The lowest BCUT2D eigenvalue weighted by molar-refractivity contribution is 0.277. The predicted octanol–water partition coefficient (Wildman–Crippen LogP) is 2.04. The number of hydrazone groups is 1. The van der Waals surface area contributed by atoms with E-state index < -0.39 is 0 Å². The van der Waals surface area contributed by atoms with Crippen molar-refractivity contribution in [3.8, 4) is 11.5 Å². The van der Waals surface area contributed by atoms with E-state index in [0.29, 0.717) is 19.0 Å². The molecule has 0 aliphatic carbocycles. The molecule has 1 rings (SSSR count). The highest BCUT2D eigenvalue weighted by molar-refractivity contribution is 7.80. The molecule has 0 aliphatic heterocycles. The van der Waals surface area contributed by atoms with Gasteiger partial charge in [-0.3, -0.25) is 5.43 Å². The molecule has 0 bridgehead atoms. The zero-order valence-corrected chi connectivity index (χ0v) is 12.0. The smallest absolute Gasteiger partial charge is 0.184 e. The maximum Gasteiger partial charge on any atom is 0.184 e. The van der Waals surface area contributed by atoms with E-state index in [1.165, 1.54) is 0 Å². The Morgan fingerprint density at radius 1 is 1.37 bits per heavy atom. The Hall–Kier alpha value is -1.82. The molecular weight excluding hydrogens is 262 g/mol. The van der Waals surface area contributed by atoms with Crippen molar-refractivity contribution in [1.82, 2.24) is 5.43 Å². The third-order valence-corrected chi connectivity index (χ3v) is 2.21. The summed E-state index contributed by atoms with van der Waals surface area (Å²) in [6.07, 6.45) is 2.57. The minimum absolute atomic E-state index is 0.129. The average molecular weight is 281 g/mol. The number of nitrogens with zero attached hydrogens (tertiary/aromatic N) is 1. The molecule has 6 heteroatoms. The zero-order chi connectivity index (χ0) is 14.1. The van der Waals surface area contributed by atoms with Gasteiger partial charge in [-0.2, -0.15) is 5.10 Å². The molecule has 0 fully saturated rings. The molecule has 0 atom stereocenters. The number of rotatable bonds is 7. The number of hydrogen-bond donors (Lipinski definition) is 2. The maximum absolute atomic E-state index is 5.61. The molecule has 0 aliphatic rings. The summed E-state index contributed by atoms with van der Waals surface area (Å²) in [6.45, 7) is 5.23. The van der Waals surface area contributed by atoms with Crippen LogP contribution in [0.1, 0.15) is 25.8 Å². The standard InChI is InChI=1S/C13H19N3O2S/c1-3-7-18-11-6-5-10(8-12(11)17-4-2)9-15-16-13(14)19/h5-6,8-9H,3-4,7H2,1-2H3,(H3,14,16,19)/b15-9-. The second-order valence-electron chi connectivity index (χ2n) is 3.72. The van der Waals surface area contributed by atoms with Gasteiger partial charge in [-0.25, -0.2) is 0 Å².